The molecule has 1 aromatic carbocycles. The number of nitrogens with two attached hydrogens (primary N) is 1. The summed E-state index contributed by atoms with van der Waals surface area (Å²) in [5.41, 5.74) is 7.79. The molecular formula is C12H15NO2. The highest BCUT2D eigenvalue weighted by Crippen LogP contribution is 2.21. The summed E-state index contributed by atoms with van der Waals surface area (Å²) in [6, 6.07) is 6.50. The average Bonchev–Trinajstić information content (AvgIpc) is 2.16. The van der Waals surface area contributed by atoms with Gasteiger partial charge in [-0.3, -0.25) is 0 Å². The van der Waals surface area contributed by atoms with Gasteiger partial charge in [0.25, 0.3) is 0 Å². The third kappa shape index (κ3) is 2.92. The number of carbonyl (C=O) groups is 1. The maximum Gasteiger partial charge on any atom is 0.336 e. The van der Waals surface area contributed by atoms with Crippen molar-refractivity contribution in [2.24, 2.45) is 5.73 Å². The Hall–Kier alpha value is -1.61. The van der Waals surface area contributed by atoms with Crippen LogP contribution in [-0.2, 0) is 0 Å². The van der Waals surface area contributed by atoms with Crippen LogP contribution in [0.15, 0.2) is 36.4 Å². The lowest BCUT2D eigenvalue weighted by Gasteiger charge is -2.14. The fraction of sp³-hybridized carbons (Fsp3) is 0.250. The number of carboxylic acids is 1. The number of hydrogen-bond donors (Lipinski definition) is 2. The molecule has 0 unspecified atom stereocenters. The standard InChI is InChI=1S/C12H15NO2/c1-8(2)7-11(13)9-5-3-4-6-10(9)12(14)15/h3-6,11H,1,7,13H2,2H3,(H,14,15)/t11-/m1/s1. The fourth-order valence-electron chi connectivity index (χ4n) is 1.50. The molecule has 0 fully saturated rings. The first-order chi connectivity index (χ1) is 7.02. The zero-order valence-electron chi connectivity index (χ0n) is 8.73. The molecule has 0 saturated heterocycles. The van der Waals surface area contributed by atoms with Gasteiger partial charge in [-0.15, -0.1) is 6.58 Å². The maximum absolute atomic E-state index is 10.9. The highest BCUT2D eigenvalue weighted by molar-refractivity contribution is 5.89. The molecule has 0 radical (unpaired) electrons. The number of hydrogen-bond acceptors (Lipinski definition) is 2. The summed E-state index contributed by atoms with van der Waals surface area (Å²) >= 11 is 0. The molecule has 0 aliphatic carbocycles. The molecule has 0 aromatic heterocycles. The quantitative estimate of drug-likeness (QED) is 0.741. The van der Waals surface area contributed by atoms with Crippen LogP contribution in [0.5, 0.6) is 0 Å². The first-order valence-corrected chi connectivity index (χ1v) is 4.74. The highest BCUT2D eigenvalue weighted by Gasteiger charge is 2.14. The van der Waals surface area contributed by atoms with E-state index in [2.05, 4.69) is 6.58 Å². The van der Waals surface area contributed by atoms with Gasteiger partial charge in [-0.1, -0.05) is 23.8 Å². The minimum Gasteiger partial charge on any atom is -0.478 e. The van der Waals surface area contributed by atoms with Crippen molar-refractivity contribution in [2.45, 2.75) is 19.4 Å². The highest BCUT2D eigenvalue weighted by atomic mass is 16.4. The Balaban J connectivity index is 3.02. The van der Waals surface area contributed by atoms with Crippen LogP contribution in [0.3, 0.4) is 0 Å². The van der Waals surface area contributed by atoms with Gasteiger partial charge in [-0.2, -0.15) is 0 Å². The van der Waals surface area contributed by atoms with Crippen molar-refractivity contribution in [3.05, 3.63) is 47.5 Å². The molecule has 3 nitrogen and oxygen atoms in total. The van der Waals surface area contributed by atoms with Crippen LogP contribution in [0.25, 0.3) is 0 Å². The van der Waals surface area contributed by atoms with Gasteiger partial charge in [0.15, 0.2) is 0 Å². The summed E-state index contributed by atoms with van der Waals surface area (Å²) in [4.78, 5) is 10.9. The molecule has 0 aliphatic rings. The number of aromatic carboxylic acids is 1. The molecule has 1 atom stereocenters. The van der Waals surface area contributed by atoms with Gasteiger partial charge in [-0.25, -0.2) is 4.79 Å². The van der Waals surface area contributed by atoms with Crippen molar-refractivity contribution >= 4 is 5.97 Å². The monoisotopic (exact) mass is 205 g/mol. The normalized spacial score (nSPS) is 12.1. The zero-order valence-corrected chi connectivity index (χ0v) is 8.73. The minimum atomic E-state index is -0.942. The number of rotatable bonds is 4. The van der Waals surface area contributed by atoms with Gasteiger partial charge in [0, 0.05) is 6.04 Å². The third-order valence-corrected chi connectivity index (χ3v) is 2.16. The van der Waals surface area contributed by atoms with Crippen molar-refractivity contribution in [2.75, 3.05) is 0 Å². The van der Waals surface area contributed by atoms with Gasteiger partial charge >= 0.3 is 5.97 Å². The second kappa shape index (κ2) is 4.75. The average molecular weight is 205 g/mol. The first kappa shape index (κ1) is 11.5. The van der Waals surface area contributed by atoms with Crippen molar-refractivity contribution < 1.29 is 9.90 Å². The second-order valence-corrected chi connectivity index (χ2v) is 3.66. The van der Waals surface area contributed by atoms with E-state index in [0.717, 1.165) is 5.57 Å². The SMILES string of the molecule is C=C(C)C[C@@H](N)c1ccccc1C(=O)O. The van der Waals surface area contributed by atoms with E-state index in [4.69, 9.17) is 10.8 Å². The predicted molar refractivity (Wildman–Crippen MR) is 59.8 cm³/mol. The summed E-state index contributed by atoms with van der Waals surface area (Å²) < 4.78 is 0. The van der Waals surface area contributed by atoms with Crippen molar-refractivity contribution in [1.82, 2.24) is 0 Å². The summed E-state index contributed by atoms with van der Waals surface area (Å²) in [6.07, 6.45) is 0.601. The van der Waals surface area contributed by atoms with Crippen LogP contribution in [0.4, 0.5) is 0 Å². The van der Waals surface area contributed by atoms with E-state index in [-0.39, 0.29) is 11.6 Å². The van der Waals surface area contributed by atoms with E-state index in [1.165, 1.54) is 0 Å². The smallest absolute Gasteiger partial charge is 0.336 e. The lowest BCUT2D eigenvalue weighted by molar-refractivity contribution is 0.0695. The molecule has 0 saturated carbocycles. The summed E-state index contributed by atoms with van der Waals surface area (Å²) in [6.45, 7) is 5.65. The Morgan fingerprint density at radius 1 is 1.53 bits per heavy atom. The molecule has 3 N–H and O–H groups in total. The molecule has 0 bridgehead atoms. The number of benzene rings is 1. The molecule has 0 heterocycles. The summed E-state index contributed by atoms with van der Waals surface area (Å²) in [7, 11) is 0. The molecule has 1 rings (SSSR count). The molecule has 1 aromatic rings. The Labute approximate surface area is 89.2 Å². The first-order valence-electron chi connectivity index (χ1n) is 4.74. The van der Waals surface area contributed by atoms with E-state index in [0.29, 0.717) is 12.0 Å². The van der Waals surface area contributed by atoms with E-state index < -0.39 is 5.97 Å². The summed E-state index contributed by atoms with van der Waals surface area (Å²) in [5, 5.41) is 8.97. The van der Waals surface area contributed by atoms with Gasteiger partial charge in [-0.05, 0) is 25.0 Å². The lowest BCUT2D eigenvalue weighted by Crippen LogP contribution is -2.15. The van der Waals surface area contributed by atoms with Crippen LogP contribution in [-0.4, -0.2) is 11.1 Å². The lowest BCUT2D eigenvalue weighted by atomic mass is 9.96. The molecule has 15 heavy (non-hydrogen) atoms. The Morgan fingerprint density at radius 3 is 2.67 bits per heavy atom. The molecule has 0 aliphatic heterocycles. The molecule has 0 spiro atoms. The molecule has 3 heteroatoms. The van der Waals surface area contributed by atoms with Crippen LogP contribution in [0.1, 0.15) is 35.3 Å². The zero-order chi connectivity index (χ0) is 11.4. The van der Waals surface area contributed by atoms with Crippen molar-refractivity contribution in [3.63, 3.8) is 0 Å². The van der Waals surface area contributed by atoms with Crippen LogP contribution in [0, 0.1) is 0 Å². The molecule has 0 amide bonds. The summed E-state index contributed by atoms with van der Waals surface area (Å²) in [5.74, 6) is -0.942. The van der Waals surface area contributed by atoms with E-state index in [1.807, 2.05) is 6.92 Å². The molecule has 80 valence electrons. The predicted octanol–water partition coefficient (Wildman–Crippen LogP) is 2.35. The Morgan fingerprint density at radius 2 is 2.13 bits per heavy atom. The Bertz CT molecular complexity index is 385. The van der Waals surface area contributed by atoms with Gasteiger partial charge in [0.2, 0.25) is 0 Å². The van der Waals surface area contributed by atoms with Gasteiger partial charge < -0.3 is 10.8 Å². The van der Waals surface area contributed by atoms with Crippen molar-refractivity contribution in [1.29, 1.82) is 0 Å². The van der Waals surface area contributed by atoms with E-state index in [1.54, 1.807) is 24.3 Å². The van der Waals surface area contributed by atoms with Crippen LogP contribution in [0.2, 0.25) is 0 Å². The van der Waals surface area contributed by atoms with E-state index >= 15 is 0 Å². The Kier molecular flexibility index (Phi) is 3.63. The minimum absolute atomic E-state index is 0.270. The van der Waals surface area contributed by atoms with Crippen LogP contribution >= 0.6 is 0 Å². The van der Waals surface area contributed by atoms with E-state index in [9.17, 15) is 4.79 Å². The fourth-order valence-corrected chi connectivity index (χ4v) is 1.50. The number of carboxylic acid groups (broad SMARTS) is 1. The van der Waals surface area contributed by atoms with Gasteiger partial charge in [0.05, 0.1) is 5.56 Å². The largest absolute Gasteiger partial charge is 0.478 e. The molecular weight excluding hydrogens is 190 g/mol. The topological polar surface area (TPSA) is 63.3 Å². The second-order valence-electron chi connectivity index (χ2n) is 3.66. The van der Waals surface area contributed by atoms with Gasteiger partial charge in [0.1, 0.15) is 0 Å². The maximum atomic E-state index is 10.9. The third-order valence-electron chi connectivity index (χ3n) is 2.16. The van der Waals surface area contributed by atoms with Crippen molar-refractivity contribution in [3.8, 4) is 0 Å². The van der Waals surface area contributed by atoms with Crippen LogP contribution < -0.4 is 5.73 Å².